The van der Waals surface area contributed by atoms with Crippen LogP contribution in [0.2, 0.25) is 0 Å². The molecule has 7 radical (unpaired) electrons. The molecule has 2 unspecified atom stereocenters. The van der Waals surface area contributed by atoms with Gasteiger partial charge < -0.3 is 63.7 Å². The molecule has 0 aliphatic heterocycles. The maximum Gasteiger partial charge on any atom is 0.373 e. The first-order chi connectivity index (χ1) is 13.8. The van der Waals surface area contributed by atoms with Crippen LogP contribution in [0.3, 0.4) is 0 Å². The largest absolute Gasteiger partial charge is 0.373 e. The smallest absolute Gasteiger partial charge is 0.368 e. The molecule has 0 aromatic carbocycles. The summed E-state index contributed by atoms with van der Waals surface area (Å²) in [5, 5.41) is -1.76. The molecule has 41 heavy (non-hydrogen) atoms. The quantitative estimate of drug-likeness (QED) is 0.128. The van der Waals surface area contributed by atoms with E-state index in [-0.39, 0.29) is 243 Å². The number of hydrogen-bond donors (Lipinski definition) is 12. The fourth-order valence-corrected chi connectivity index (χ4v) is 7.94. The summed E-state index contributed by atoms with van der Waals surface area (Å²) in [5.41, 5.74) is 0. The zero-order valence-electron chi connectivity index (χ0n) is 20.9. The van der Waals surface area contributed by atoms with Crippen LogP contribution >= 0.6 is 45.6 Å². The van der Waals surface area contributed by atoms with E-state index in [1.54, 1.807) is 0 Å². The van der Waals surface area contributed by atoms with Crippen molar-refractivity contribution in [2.75, 3.05) is 7.11 Å². The Bertz CT molecular complexity index is 968. The summed E-state index contributed by atoms with van der Waals surface area (Å²) in [5.74, 6) is 0. The van der Waals surface area contributed by atoms with Crippen molar-refractivity contribution in [3.05, 3.63) is 0 Å². The zero-order valence-corrected chi connectivity index (χ0v) is 46.1. The number of methoxy groups -OCH3 is 1. The Morgan fingerprint density at radius 3 is 0.756 bits per heavy atom. The van der Waals surface area contributed by atoms with Crippen molar-refractivity contribution in [3.8, 4) is 0 Å². The van der Waals surface area contributed by atoms with Gasteiger partial charge in [0.15, 0.2) is 0 Å². The number of rotatable bonds is 9. The molecule has 2 atom stereocenters. The van der Waals surface area contributed by atoms with Crippen molar-refractivity contribution in [1.29, 1.82) is 0 Å². The molecule has 0 saturated heterocycles. The molecule has 0 rings (SSSR count). The van der Waals surface area contributed by atoms with Gasteiger partial charge in [-0.1, -0.05) is 7.43 Å². The van der Waals surface area contributed by atoms with Gasteiger partial charge in [-0.2, -0.15) is 0 Å². The van der Waals surface area contributed by atoms with Gasteiger partial charge in [-0.05, 0) is 20.8 Å². The first-order valence-corrected chi connectivity index (χ1v) is 17.0. The molecular formula is C8H28O20P6Y7. The Labute approximate surface area is 412 Å². The first kappa shape index (κ1) is 74.7. The molecule has 0 aromatic rings. The third-order valence-electron chi connectivity index (χ3n) is 3.93. The molecular weight excluding hydrogens is 1220 g/mol. The van der Waals surface area contributed by atoms with Crippen molar-refractivity contribution in [2.45, 2.75) is 43.4 Å². The first-order valence-electron chi connectivity index (χ1n) is 7.36. The minimum absolute atomic E-state index is 0. The van der Waals surface area contributed by atoms with Gasteiger partial charge in [-0.25, -0.2) is 0 Å². The van der Waals surface area contributed by atoms with Crippen LogP contribution in [-0.2, 0) is 266 Å². The van der Waals surface area contributed by atoms with Crippen LogP contribution in [0.4, 0.5) is 0 Å². The number of hydrogen-bond acceptors (Lipinski definition) is 9. The molecule has 33 heteroatoms. The normalized spacial score (nSPS) is 14.9. The Balaban J connectivity index is -0.0000000557. The Kier molecular flexibility index (Phi) is 48.0. The predicted molar refractivity (Wildman–Crippen MR) is 112 cm³/mol. The number of ether oxygens (including phenoxy) is 1. The van der Waals surface area contributed by atoms with Crippen molar-refractivity contribution in [2.24, 2.45) is 0 Å². The van der Waals surface area contributed by atoms with Crippen LogP contribution in [0, 0.1) is 0 Å². The van der Waals surface area contributed by atoms with Crippen molar-refractivity contribution >= 4 is 45.6 Å². The molecule has 231 valence electrons. The van der Waals surface area contributed by atoms with Gasteiger partial charge in [0.05, 0.1) is 0 Å². The molecule has 0 heterocycles. The average Bonchev–Trinajstić information content (AvgIpc) is 2.48. The number of aliphatic hydroxyl groups is 1. The van der Waals surface area contributed by atoms with Crippen LogP contribution in [0.5, 0.6) is 0 Å². The van der Waals surface area contributed by atoms with Crippen LogP contribution in [-0.4, -0.2) is 81.3 Å². The van der Waals surface area contributed by atoms with Gasteiger partial charge in [-0.3, -0.25) is 31.9 Å². The second kappa shape index (κ2) is 26.3. The third-order valence-corrected chi connectivity index (χ3v) is 16.5. The van der Waals surface area contributed by atoms with Gasteiger partial charge >= 0.3 is 45.6 Å². The average molecular weight is 1250 g/mol. The molecule has 20 nitrogen and oxygen atoms in total. The molecule has 0 bridgehead atoms. The third kappa shape index (κ3) is 20.5. The van der Waals surface area contributed by atoms with E-state index in [0.717, 1.165) is 0 Å². The fraction of sp³-hybridized carbons (Fsp3) is 1.00. The molecule has 0 fully saturated rings. The van der Waals surface area contributed by atoms with Crippen molar-refractivity contribution < 1.29 is 325 Å². The van der Waals surface area contributed by atoms with E-state index in [0.29, 0.717) is 21.0 Å². The van der Waals surface area contributed by atoms with Gasteiger partial charge in [0.25, 0.3) is 15.2 Å². The van der Waals surface area contributed by atoms with E-state index in [2.05, 4.69) is 9.26 Å². The standard InChI is InChI=1S/C5H16O13P4.C2H8O7P2.CH4.7Y/c1-4(17-3,19(6,7)8)22(15,16)18-5(2,20(9,10)11)21(12,13)14;1-2(3,10(4,5)6)11(7,8)9;;;;;;;;/h1-3H3,(H,15,16)(H2,6,7,8)(H2,9,10,11)(H2,12,13,14);3H,1H3,(H2,4,5,6)(H2,7,8,9);1H4;;;;;;;. The molecule has 0 amide bonds. The van der Waals surface area contributed by atoms with Crippen LogP contribution in [0.15, 0.2) is 0 Å². The van der Waals surface area contributed by atoms with E-state index in [1.165, 1.54) is 0 Å². The minimum atomic E-state index is -5.86. The van der Waals surface area contributed by atoms with Gasteiger partial charge in [0.2, 0.25) is 0 Å². The van der Waals surface area contributed by atoms with Crippen molar-refractivity contribution in [3.63, 3.8) is 0 Å². The van der Waals surface area contributed by atoms with Crippen LogP contribution in [0.1, 0.15) is 28.2 Å². The molecule has 0 aromatic heterocycles. The Hall–Kier alpha value is 8.55. The van der Waals surface area contributed by atoms with Gasteiger partial charge in [0, 0.05) is 236 Å². The van der Waals surface area contributed by atoms with Crippen LogP contribution in [0.25, 0.3) is 0 Å². The second-order valence-electron chi connectivity index (χ2n) is 6.37. The van der Waals surface area contributed by atoms with Crippen molar-refractivity contribution in [1.82, 2.24) is 0 Å². The topological polar surface area (TPSA) is 364 Å². The van der Waals surface area contributed by atoms with E-state index in [1.807, 2.05) is 0 Å². The maximum absolute atomic E-state index is 12.1. The summed E-state index contributed by atoms with van der Waals surface area (Å²) in [4.78, 5) is 96.8. The summed E-state index contributed by atoms with van der Waals surface area (Å²) < 4.78 is 74.6. The van der Waals surface area contributed by atoms with E-state index in [4.69, 9.17) is 54.0 Å². The Morgan fingerprint density at radius 1 is 0.463 bits per heavy atom. The monoisotopic (exact) mass is 1250 g/mol. The summed E-state index contributed by atoms with van der Waals surface area (Å²) >= 11 is 0. The van der Waals surface area contributed by atoms with E-state index in [9.17, 15) is 32.3 Å². The maximum atomic E-state index is 12.1. The van der Waals surface area contributed by atoms with Crippen LogP contribution < -0.4 is 0 Å². The van der Waals surface area contributed by atoms with Gasteiger partial charge in [-0.15, -0.1) is 0 Å². The molecule has 0 saturated carbocycles. The van der Waals surface area contributed by atoms with Gasteiger partial charge in [0.1, 0.15) is 0 Å². The fourth-order valence-electron chi connectivity index (χ4n) is 1.16. The Morgan fingerprint density at radius 2 is 0.659 bits per heavy atom. The minimum Gasteiger partial charge on any atom is -0.368 e. The van der Waals surface area contributed by atoms with E-state index >= 15 is 0 Å². The summed E-state index contributed by atoms with van der Waals surface area (Å²) in [6, 6.07) is 0. The summed E-state index contributed by atoms with van der Waals surface area (Å²) in [7, 11) is -32.9. The summed E-state index contributed by atoms with van der Waals surface area (Å²) in [6.45, 7) is 0.899. The molecule has 0 aliphatic rings. The van der Waals surface area contributed by atoms with E-state index < -0.39 is 60.8 Å². The molecule has 12 N–H and O–H groups in total. The second-order valence-corrected chi connectivity index (χ2v) is 19.3. The molecule has 0 spiro atoms. The zero-order chi connectivity index (χ0) is 27.9. The summed E-state index contributed by atoms with van der Waals surface area (Å²) in [6.07, 6.45) is 0. The predicted octanol–water partition coefficient (Wildman–Crippen LogP) is -0.658. The molecule has 0 aliphatic carbocycles. The SMILES string of the molecule is C.CC(O)(P(=O)(O)O)P(=O)(O)O.COC(C)(P(=O)(O)O)P(=O)(O)OC(C)(P(=O)(O)O)P(=O)(O)O.[Y].[Y].[Y].[Y].[Y].[Y].[Y].